The van der Waals surface area contributed by atoms with E-state index in [2.05, 4.69) is 5.16 Å². The van der Waals surface area contributed by atoms with Crippen LogP contribution in [0, 0.1) is 5.82 Å². The molecule has 0 bridgehead atoms. The molecule has 0 amide bonds. The molecule has 6 heteroatoms. The van der Waals surface area contributed by atoms with Crippen LogP contribution in [-0.2, 0) is 6.42 Å². The lowest BCUT2D eigenvalue weighted by Gasteiger charge is -2.03. The van der Waals surface area contributed by atoms with Gasteiger partial charge in [0, 0.05) is 6.42 Å². The number of hydrogen-bond acceptors (Lipinski definition) is 2. The van der Waals surface area contributed by atoms with Crippen LogP contribution < -0.4 is 5.73 Å². The standard InChI is InChI=1S/C8H7Cl2FN2O/c9-5-1-4(3-7(12)13-14)2-6(10)8(5)11/h1-2,14H,3H2,(H2,12,13). The molecule has 0 aliphatic heterocycles. The van der Waals surface area contributed by atoms with E-state index in [4.69, 9.17) is 34.1 Å². The Morgan fingerprint density at radius 3 is 2.36 bits per heavy atom. The Morgan fingerprint density at radius 2 is 1.93 bits per heavy atom. The minimum Gasteiger partial charge on any atom is -0.409 e. The van der Waals surface area contributed by atoms with E-state index < -0.39 is 5.82 Å². The van der Waals surface area contributed by atoms with Crippen LogP contribution in [0.5, 0.6) is 0 Å². The molecule has 0 saturated carbocycles. The fraction of sp³-hybridized carbons (Fsp3) is 0.125. The van der Waals surface area contributed by atoms with Crippen LogP contribution in [0.1, 0.15) is 5.56 Å². The maximum absolute atomic E-state index is 13.0. The van der Waals surface area contributed by atoms with Gasteiger partial charge in [-0.05, 0) is 17.7 Å². The number of halogens is 3. The molecule has 3 nitrogen and oxygen atoms in total. The third-order valence-corrected chi connectivity index (χ3v) is 2.11. The second-order valence-corrected chi connectivity index (χ2v) is 3.46. The van der Waals surface area contributed by atoms with Crippen molar-refractivity contribution in [1.29, 1.82) is 0 Å². The van der Waals surface area contributed by atoms with Crippen LogP contribution in [-0.4, -0.2) is 11.0 Å². The zero-order valence-corrected chi connectivity index (χ0v) is 8.48. The molecule has 3 N–H and O–H groups in total. The zero-order valence-electron chi connectivity index (χ0n) is 6.97. The first-order valence-corrected chi connectivity index (χ1v) is 4.40. The van der Waals surface area contributed by atoms with Gasteiger partial charge in [-0.25, -0.2) is 4.39 Å². The summed E-state index contributed by atoms with van der Waals surface area (Å²) in [5, 5.41) is 10.9. The van der Waals surface area contributed by atoms with Gasteiger partial charge < -0.3 is 10.9 Å². The summed E-state index contributed by atoms with van der Waals surface area (Å²) in [7, 11) is 0. The molecule has 0 aromatic heterocycles. The Kier molecular flexibility index (Phi) is 3.55. The summed E-state index contributed by atoms with van der Waals surface area (Å²) in [6, 6.07) is 2.75. The topological polar surface area (TPSA) is 58.6 Å². The fourth-order valence-electron chi connectivity index (χ4n) is 0.955. The Balaban J connectivity index is 3.01. The first-order chi connectivity index (χ1) is 6.54. The van der Waals surface area contributed by atoms with Gasteiger partial charge in [0.1, 0.15) is 5.84 Å². The molecule has 0 spiro atoms. The molecule has 0 radical (unpaired) electrons. The lowest BCUT2D eigenvalue weighted by atomic mass is 10.1. The molecule has 1 aromatic rings. The molecule has 1 rings (SSSR count). The average Bonchev–Trinajstić information content (AvgIpc) is 2.14. The van der Waals surface area contributed by atoms with Crippen molar-refractivity contribution in [3.63, 3.8) is 0 Å². The number of amidine groups is 1. The van der Waals surface area contributed by atoms with Gasteiger partial charge in [0.2, 0.25) is 0 Å². The fourth-order valence-corrected chi connectivity index (χ4v) is 1.49. The number of oxime groups is 1. The van der Waals surface area contributed by atoms with Gasteiger partial charge in [-0.3, -0.25) is 0 Å². The lowest BCUT2D eigenvalue weighted by Crippen LogP contribution is -2.14. The van der Waals surface area contributed by atoms with Crippen molar-refractivity contribution in [1.82, 2.24) is 0 Å². The number of rotatable bonds is 2. The molecule has 0 atom stereocenters. The minimum atomic E-state index is -0.670. The molecule has 76 valence electrons. The van der Waals surface area contributed by atoms with E-state index in [1.54, 1.807) is 0 Å². The maximum Gasteiger partial charge on any atom is 0.160 e. The highest BCUT2D eigenvalue weighted by atomic mass is 35.5. The van der Waals surface area contributed by atoms with Gasteiger partial charge in [0.05, 0.1) is 10.0 Å². The maximum atomic E-state index is 13.0. The molecule has 0 saturated heterocycles. The molecular weight excluding hydrogens is 230 g/mol. The van der Waals surface area contributed by atoms with Gasteiger partial charge in [0.25, 0.3) is 0 Å². The second kappa shape index (κ2) is 4.48. The summed E-state index contributed by atoms with van der Waals surface area (Å²) in [4.78, 5) is 0. The first kappa shape index (κ1) is 11.1. The van der Waals surface area contributed by atoms with E-state index in [0.717, 1.165) is 0 Å². The largest absolute Gasteiger partial charge is 0.409 e. The van der Waals surface area contributed by atoms with Crippen molar-refractivity contribution in [2.45, 2.75) is 6.42 Å². The Labute approximate surface area is 89.9 Å². The van der Waals surface area contributed by atoms with Gasteiger partial charge >= 0.3 is 0 Å². The predicted molar refractivity (Wildman–Crippen MR) is 53.5 cm³/mol. The van der Waals surface area contributed by atoms with Crippen LogP contribution in [0.4, 0.5) is 4.39 Å². The molecule has 0 aliphatic carbocycles. The predicted octanol–water partition coefficient (Wildman–Crippen LogP) is 2.42. The summed E-state index contributed by atoms with van der Waals surface area (Å²) in [5.74, 6) is -0.666. The second-order valence-electron chi connectivity index (χ2n) is 2.64. The Morgan fingerprint density at radius 1 is 1.43 bits per heavy atom. The molecule has 1 aromatic carbocycles. The van der Waals surface area contributed by atoms with Gasteiger partial charge in [-0.2, -0.15) is 0 Å². The molecule has 0 heterocycles. The van der Waals surface area contributed by atoms with Crippen molar-refractivity contribution in [2.24, 2.45) is 10.9 Å². The average molecular weight is 237 g/mol. The van der Waals surface area contributed by atoms with Crippen molar-refractivity contribution in [3.05, 3.63) is 33.6 Å². The highest BCUT2D eigenvalue weighted by Crippen LogP contribution is 2.24. The van der Waals surface area contributed by atoms with Gasteiger partial charge in [-0.15, -0.1) is 0 Å². The van der Waals surface area contributed by atoms with Crippen molar-refractivity contribution < 1.29 is 9.60 Å². The van der Waals surface area contributed by atoms with Gasteiger partial charge in [-0.1, -0.05) is 28.4 Å². The number of benzene rings is 1. The highest BCUT2D eigenvalue weighted by molar-refractivity contribution is 6.35. The van der Waals surface area contributed by atoms with Crippen LogP contribution in [0.15, 0.2) is 17.3 Å². The Hall–Kier alpha value is -1.00. The normalized spacial score (nSPS) is 11.8. The third-order valence-electron chi connectivity index (χ3n) is 1.56. The van der Waals surface area contributed by atoms with E-state index >= 15 is 0 Å². The van der Waals surface area contributed by atoms with Crippen LogP contribution >= 0.6 is 23.2 Å². The summed E-state index contributed by atoms with van der Waals surface area (Å²) in [6.07, 6.45) is 0.163. The number of hydrogen-bond donors (Lipinski definition) is 2. The molecule has 14 heavy (non-hydrogen) atoms. The molecular formula is C8H7Cl2FN2O. The van der Waals surface area contributed by atoms with E-state index in [1.165, 1.54) is 12.1 Å². The first-order valence-electron chi connectivity index (χ1n) is 3.64. The van der Waals surface area contributed by atoms with Crippen molar-refractivity contribution in [3.8, 4) is 0 Å². The quantitative estimate of drug-likeness (QED) is 0.273. The lowest BCUT2D eigenvalue weighted by molar-refractivity contribution is 0.317. The van der Waals surface area contributed by atoms with Crippen LogP contribution in [0.3, 0.4) is 0 Å². The number of nitrogens with two attached hydrogens (primary N) is 1. The molecule has 0 unspecified atom stereocenters. The Bertz CT molecular complexity index is 359. The van der Waals surface area contributed by atoms with Gasteiger partial charge in [0.15, 0.2) is 5.82 Å². The van der Waals surface area contributed by atoms with E-state index in [0.29, 0.717) is 5.56 Å². The van der Waals surface area contributed by atoms with Crippen molar-refractivity contribution >= 4 is 29.0 Å². The molecule has 0 fully saturated rings. The number of nitrogens with zero attached hydrogens (tertiary/aromatic N) is 1. The summed E-state index contributed by atoms with van der Waals surface area (Å²) < 4.78 is 13.0. The van der Waals surface area contributed by atoms with Crippen LogP contribution in [0.25, 0.3) is 0 Å². The van der Waals surface area contributed by atoms with E-state index in [9.17, 15) is 4.39 Å². The zero-order chi connectivity index (χ0) is 10.7. The van der Waals surface area contributed by atoms with E-state index in [1.807, 2.05) is 0 Å². The third kappa shape index (κ3) is 2.49. The minimum absolute atomic E-state index is 0.00346. The summed E-state index contributed by atoms with van der Waals surface area (Å²) >= 11 is 11.1. The SMILES string of the molecule is N/C(Cc1cc(Cl)c(F)c(Cl)c1)=N\O. The smallest absolute Gasteiger partial charge is 0.160 e. The molecule has 0 aliphatic rings. The monoisotopic (exact) mass is 236 g/mol. The summed E-state index contributed by atoms with van der Waals surface area (Å²) in [6.45, 7) is 0. The van der Waals surface area contributed by atoms with Crippen LogP contribution in [0.2, 0.25) is 10.0 Å². The van der Waals surface area contributed by atoms with Crippen molar-refractivity contribution in [2.75, 3.05) is 0 Å². The van der Waals surface area contributed by atoms with E-state index in [-0.39, 0.29) is 22.3 Å². The highest BCUT2D eigenvalue weighted by Gasteiger charge is 2.08. The summed E-state index contributed by atoms with van der Waals surface area (Å²) in [5.41, 5.74) is 5.84.